The van der Waals surface area contributed by atoms with Crippen molar-refractivity contribution >= 4 is 15.9 Å². The van der Waals surface area contributed by atoms with Crippen molar-refractivity contribution in [1.82, 2.24) is 20.2 Å². The maximum Gasteiger partial charge on any atom is 0.182 e. The van der Waals surface area contributed by atoms with Crippen molar-refractivity contribution in [3.05, 3.63) is 28.8 Å². The average molecular weight is 307 g/mol. The molecule has 4 nitrogen and oxygen atoms in total. The number of rotatable bonds is 2. The lowest BCUT2D eigenvalue weighted by Crippen LogP contribution is -2.06. The molecule has 0 aliphatic heterocycles. The van der Waals surface area contributed by atoms with Crippen LogP contribution in [0.15, 0.2) is 22.9 Å². The molecule has 1 aliphatic carbocycles. The van der Waals surface area contributed by atoms with Crippen LogP contribution < -0.4 is 0 Å². The molecule has 0 unspecified atom stereocenters. The van der Waals surface area contributed by atoms with Gasteiger partial charge in [-0.2, -0.15) is 5.10 Å². The molecule has 3 rings (SSSR count). The van der Waals surface area contributed by atoms with Crippen LogP contribution in [0.1, 0.15) is 43.8 Å². The Morgan fingerprint density at radius 2 is 2.00 bits per heavy atom. The summed E-state index contributed by atoms with van der Waals surface area (Å²) in [7, 11) is 0. The summed E-state index contributed by atoms with van der Waals surface area (Å²) >= 11 is 3.41. The summed E-state index contributed by atoms with van der Waals surface area (Å²) in [6.07, 6.45) is 9.97. The van der Waals surface area contributed by atoms with Crippen molar-refractivity contribution < 1.29 is 0 Å². The molecule has 2 heterocycles. The van der Waals surface area contributed by atoms with Gasteiger partial charge in [-0.1, -0.05) is 19.3 Å². The van der Waals surface area contributed by atoms with Gasteiger partial charge < -0.3 is 0 Å². The molecule has 0 spiro atoms. The van der Waals surface area contributed by atoms with Crippen molar-refractivity contribution in [2.24, 2.45) is 0 Å². The molecule has 1 aliphatic rings. The van der Waals surface area contributed by atoms with E-state index in [0.29, 0.717) is 5.92 Å². The molecule has 0 amide bonds. The van der Waals surface area contributed by atoms with Crippen molar-refractivity contribution in [2.75, 3.05) is 0 Å². The molecule has 0 bridgehead atoms. The quantitative estimate of drug-likeness (QED) is 0.921. The van der Waals surface area contributed by atoms with E-state index >= 15 is 0 Å². The summed E-state index contributed by atoms with van der Waals surface area (Å²) in [5.74, 6) is 2.33. The SMILES string of the molecule is Brc1cncc(-c2n[nH]c(C3CCCCC3)n2)c1. The molecule has 0 atom stereocenters. The van der Waals surface area contributed by atoms with Gasteiger partial charge in [0.25, 0.3) is 0 Å². The Labute approximate surface area is 114 Å². The van der Waals surface area contributed by atoms with E-state index in [-0.39, 0.29) is 0 Å². The van der Waals surface area contributed by atoms with Crippen LogP contribution in [-0.2, 0) is 0 Å². The fraction of sp³-hybridized carbons (Fsp3) is 0.462. The number of nitrogens with zero attached hydrogens (tertiary/aromatic N) is 3. The first-order chi connectivity index (χ1) is 8.83. The minimum atomic E-state index is 0.556. The molecule has 1 N–H and O–H groups in total. The first-order valence-electron chi connectivity index (χ1n) is 6.36. The topological polar surface area (TPSA) is 54.5 Å². The Bertz CT molecular complexity index is 531. The second-order valence-corrected chi connectivity index (χ2v) is 5.69. The average Bonchev–Trinajstić information content (AvgIpc) is 2.89. The van der Waals surface area contributed by atoms with Gasteiger partial charge in [0.05, 0.1) is 0 Å². The van der Waals surface area contributed by atoms with Crippen molar-refractivity contribution in [3.8, 4) is 11.4 Å². The van der Waals surface area contributed by atoms with E-state index < -0.39 is 0 Å². The number of halogens is 1. The molecule has 94 valence electrons. The summed E-state index contributed by atoms with van der Waals surface area (Å²) < 4.78 is 0.948. The Morgan fingerprint density at radius 3 is 2.78 bits per heavy atom. The van der Waals surface area contributed by atoms with Gasteiger partial charge in [-0.3, -0.25) is 10.1 Å². The predicted octanol–water partition coefficient (Wildman–Crippen LogP) is 3.68. The fourth-order valence-electron chi connectivity index (χ4n) is 2.50. The minimum absolute atomic E-state index is 0.556. The van der Waals surface area contributed by atoms with Crippen molar-refractivity contribution in [2.45, 2.75) is 38.0 Å². The Kier molecular flexibility index (Phi) is 3.41. The monoisotopic (exact) mass is 306 g/mol. The number of aromatic amines is 1. The highest BCUT2D eigenvalue weighted by molar-refractivity contribution is 9.10. The third kappa shape index (κ3) is 2.46. The number of hydrogen-bond acceptors (Lipinski definition) is 3. The van der Waals surface area contributed by atoms with Crippen LogP contribution in [0, 0.1) is 0 Å². The van der Waals surface area contributed by atoms with Crippen LogP contribution in [0.25, 0.3) is 11.4 Å². The smallest absolute Gasteiger partial charge is 0.182 e. The Balaban J connectivity index is 1.84. The van der Waals surface area contributed by atoms with Crippen LogP contribution in [0.5, 0.6) is 0 Å². The number of aromatic nitrogens is 4. The summed E-state index contributed by atoms with van der Waals surface area (Å²) in [5, 5.41) is 7.40. The first kappa shape index (κ1) is 11.8. The second kappa shape index (κ2) is 5.18. The molecule has 0 aromatic carbocycles. The third-order valence-corrected chi connectivity index (χ3v) is 3.89. The molecular formula is C13H15BrN4. The van der Waals surface area contributed by atoms with E-state index in [9.17, 15) is 0 Å². The number of hydrogen-bond donors (Lipinski definition) is 1. The van der Waals surface area contributed by atoms with Gasteiger partial charge in [0.15, 0.2) is 5.82 Å². The van der Waals surface area contributed by atoms with E-state index in [2.05, 4.69) is 36.1 Å². The predicted molar refractivity (Wildman–Crippen MR) is 73.1 cm³/mol. The molecular weight excluding hydrogens is 292 g/mol. The maximum atomic E-state index is 4.62. The largest absolute Gasteiger partial charge is 0.263 e. The van der Waals surface area contributed by atoms with Crippen LogP contribution in [0.2, 0.25) is 0 Å². The van der Waals surface area contributed by atoms with Crippen LogP contribution in [0.3, 0.4) is 0 Å². The molecule has 1 saturated carbocycles. The van der Waals surface area contributed by atoms with Gasteiger partial charge in [0.1, 0.15) is 5.82 Å². The molecule has 5 heteroatoms. The van der Waals surface area contributed by atoms with E-state index in [1.165, 1.54) is 32.1 Å². The molecule has 18 heavy (non-hydrogen) atoms. The highest BCUT2D eigenvalue weighted by Gasteiger charge is 2.19. The lowest BCUT2D eigenvalue weighted by Gasteiger charge is -2.18. The van der Waals surface area contributed by atoms with Gasteiger partial charge in [0.2, 0.25) is 0 Å². The van der Waals surface area contributed by atoms with Gasteiger partial charge >= 0.3 is 0 Å². The van der Waals surface area contributed by atoms with E-state index in [1.807, 2.05) is 6.07 Å². The maximum absolute atomic E-state index is 4.62. The zero-order valence-corrected chi connectivity index (χ0v) is 11.7. The molecule has 1 fully saturated rings. The highest BCUT2D eigenvalue weighted by Crippen LogP contribution is 2.31. The zero-order chi connectivity index (χ0) is 12.4. The van der Waals surface area contributed by atoms with Crippen molar-refractivity contribution in [3.63, 3.8) is 0 Å². The number of H-pyrrole nitrogens is 1. The highest BCUT2D eigenvalue weighted by atomic mass is 79.9. The molecule has 0 saturated heterocycles. The lowest BCUT2D eigenvalue weighted by atomic mass is 9.89. The first-order valence-corrected chi connectivity index (χ1v) is 7.15. The van der Waals surface area contributed by atoms with Crippen LogP contribution in [-0.4, -0.2) is 20.2 Å². The zero-order valence-electron chi connectivity index (χ0n) is 10.1. The third-order valence-electron chi connectivity index (χ3n) is 3.46. The van der Waals surface area contributed by atoms with Crippen LogP contribution >= 0.6 is 15.9 Å². The summed E-state index contributed by atoms with van der Waals surface area (Å²) in [5.41, 5.74) is 0.947. The molecule has 2 aromatic heterocycles. The Hall–Kier alpha value is -1.23. The van der Waals surface area contributed by atoms with Gasteiger partial charge in [-0.15, -0.1) is 0 Å². The van der Waals surface area contributed by atoms with Gasteiger partial charge in [-0.25, -0.2) is 4.98 Å². The molecule has 2 aromatic rings. The number of pyridine rings is 1. The fourth-order valence-corrected chi connectivity index (χ4v) is 2.86. The lowest BCUT2D eigenvalue weighted by molar-refractivity contribution is 0.429. The van der Waals surface area contributed by atoms with E-state index in [0.717, 1.165) is 21.7 Å². The number of nitrogens with one attached hydrogen (secondary N) is 1. The summed E-state index contributed by atoms with van der Waals surface area (Å²) in [4.78, 5) is 8.76. The minimum Gasteiger partial charge on any atom is -0.263 e. The second-order valence-electron chi connectivity index (χ2n) is 4.77. The van der Waals surface area contributed by atoms with Gasteiger partial charge in [-0.05, 0) is 34.8 Å². The Morgan fingerprint density at radius 1 is 1.17 bits per heavy atom. The van der Waals surface area contributed by atoms with Crippen molar-refractivity contribution in [1.29, 1.82) is 0 Å². The van der Waals surface area contributed by atoms with E-state index in [1.54, 1.807) is 12.4 Å². The van der Waals surface area contributed by atoms with E-state index in [4.69, 9.17) is 0 Å². The standard InChI is InChI=1S/C13H15BrN4/c14-11-6-10(7-15-8-11)13-16-12(17-18-13)9-4-2-1-3-5-9/h6-9H,1-5H2,(H,16,17,18). The van der Waals surface area contributed by atoms with Crippen LogP contribution in [0.4, 0.5) is 0 Å². The summed E-state index contributed by atoms with van der Waals surface area (Å²) in [6.45, 7) is 0. The molecule has 0 radical (unpaired) electrons. The normalized spacial score (nSPS) is 16.9. The van der Waals surface area contributed by atoms with Gasteiger partial charge in [0, 0.05) is 28.3 Å². The summed E-state index contributed by atoms with van der Waals surface area (Å²) in [6, 6.07) is 1.99.